The first-order chi connectivity index (χ1) is 8.19. The van der Waals surface area contributed by atoms with E-state index in [2.05, 4.69) is 15.6 Å². The molecule has 0 unspecified atom stereocenters. The zero-order valence-corrected chi connectivity index (χ0v) is 10.8. The first kappa shape index (κ1) is 13.6. The first-order valence-electron chi connectivity index (χ1n) is 5.05. The Morgan fingerprint density at radius 3 is 2.88 bits per heavy atom. The molecule has 90 valence electrons. The van der Waals surface area contributed by atoms with Crippen LogP contribution in [0, 0.1) is 11.5 Å². The van der Waals surface area contributed by atoms with Crippen LogP contribution in [0.15, 0.2) is 23.2 Å². The molecule has 0 saturated heterocycles. The second kappa shape index (κ2) is 7.00. The van der Waals surface area contributed by atoms with Crippen LogP contribution < -0.4 is 10.6 Å². The predicted molar refractivity (Wildman–Crippen MR) is 71.7 cm³/mol. The van der Waals surface area contributed by atoms with Crippen molar-refractivity contribution in [1.82, 2.24) is 5.32 Å². The molecule has 0 aliphatic heterocycles. The number of hydrogen-bond donors (Lipinski definition) is 2. The number of anilines is 1. The van der Waals surface area contributed by atoms with E-state index in [1.165, 1.54) is 0 Å². The highest BCUT2D eigenvalue weighted by atomic mass is 35.5. The Balaban J connectivity index is 2.69. The molecule has 0 amide bonds. The van der Waals surface area contributed by atoms with Crippen molar-refractivity contribution in [2.24, 2.45) is 4.99 Å². The molecule has 1 aromatic carbocycles. The van der Waals surface area contributed by atoms with Gasteiger partial charge in [0.2, 0.25) is 0 Å². The summed E-state index contributed by atoms with van der Waals surface area (Å²) in [7, 11) is 0. The van der Waals surface area contributed by atoms with Crippen LogP contribution in [0.2, 0.25) is 10.0 Å². The van der Waals surface area contributed by atoms with Crippen molar-refractivity contribution in [3.8, 4) is 6.19 Å². The maximum atomic E-state index is 8.54. The number of aliphatic imine (C=N–C) groups is 1. The van der Waals surface area contributed by atoms with E-state index in [0.717, 1.165) is 0 Å². The highest BCUT2D eigenvalue weighted by Gasteiger charge is 2.04. The van der Waals surface area contributed by atoms with Crippen molar-refractivity contribution >= 4 is 34.7 Å². The largest absolute Gasteiger partial charge is 0.377 e. The molecular formula is C11H12Cl2N4. The van der Waals surface area contributed by atoms with E-state index in [9.17, 15) is 0 Å². The smallest absolute Gasteiger partial charge is 0.182 e. The lowest BCUT2D eigenvalue weighted by Gasteiger charge is -2.10. The Morgan fingerprint density at radius 1 is 1.47 bits per heavy atom. The summed E-state index contributed by atoms with van der Waals surface area (Å²) >= 11 is 11.9. The molecule has 0 atom stereocenters. The first-order valence-corrected chi connectivity index (χ1v) is 5.81. The molecule has 0 bridgehead atoms. The van der Waals surface area contributed by atoms with Crippen molar-refractivity contribution in [1.29, 1.82) is 5.26 Å². The number of nitrogens with zero attached hydrogens (tertiary/aromatic N) is 2. The maximum Gasteiger partial charge on any atom is 0.182 e. The van der Waals surface area contributed by atoms with Crippen molar-refractivity contribution in [3.63, 3.8) is 0 Å². The van der Waals surface area contributed by atoms with Crippen molar-refractivity contribution in [2.75, 3.05) is 18.4 Å². The second-order valence-corrected chi connectivity index (χ2v) is 3.90. The topological polar surface area (TPSA) is 60.2 Å². The van der Waals surface area contributed by atoms with Crippen LogP contribution in [0.5, 0.6) is 0 Å². The minimum Gasteiger partial charge on any atom is -0.377 e. The van der Waals surface area contributed by atoms with Gasteiger partial charge in [-0.2, -0.15) is 5.26 Å². The number of halogens is 2. The van der Waals surface area contributed by atoms with E-state index in [-0.39, 0.29) is 0 Å². The Kier molecular flexibility index (Phi) is 5.61. The van der Waals surface area contributed by atoms with Gasteiger partial charge in [0.05, 0.1) is 22.3 Å². The lowest BCUT2D eigenvalue weighted by molar-refractivity contribution is 1.07. The zero-order chi connectivity index (χ0) is 12.7. The lowest BCUT2D eigenvalue weighted by Crippen LogP contribution is -2.26. The third-order valence-corrected chi connectivity index (χ3v) is 2.77. The van der Waals surface area contributed by atoms with E-state index in [0.29, 0.717) is 34.7 Å². The summed E-state index contributed by atoms with van der Waals surface area (Å²) in [4.78, 5) is 4.13. The number of benzene rings is 1. The van der Waals surface area contributed by atoms with Crippen molar-refractivity contribution < 1.29 is 0 Å². The average Bonchev–Trinajstić information content (AvgIpc) is 2.31. The van der Waals surface area contributed by atoms with Gasteiger partial charge in [0, 0.05) is 6.54 Å². The van der Waals surface area contributed by atoms with Gasteiger partial charge in [-0.05, 0) is 19.1 Å². The summed E-state index contributed by atoms with van der Waals surface area (Å²) in [6.45, 7) is 2.89. The maximum absolute atomic E-state index is 8.54. The molecule has 1 aromatic rings. The third kappa shape index (κ3) is 4.14. The molecule has 1 rings (SSSR count). The Bertz CT molecular complexity index is 451. The van der Waals surface area contributed by atoms with Crippen LogP contribution in [-0.2, 0) is 0 Å². The molecule has 0 aliphatic carbocycles. The van der Waals surface area contributed by atoms with E-state index in [4.69, 9.17) is 28.5 Å². The molecule has 4 nitrogen and oxygen atoms in total. The fourth-order valence-electron chi connectivity index (χ4n) is 1.21. The van der Waals surface area contributed by atoms with Crippen LogP contribution in [0.1, 0.15) is 6.92 Å². The number of nitrogens with one attached hydrogen (secondary N) is 2. The molecular weight excluding hydrogens is 259 g/mol. The normalized spacial score (nSPS) is 10.8. The van der Waals surface area contributed by atoms with Gasteiger partial charge in [-0.3, -0.25) is 10.3 Å². The number of rotatable bonds is 4. The van der Waals surface area contributed by atoms with Crippen LogP contribution in [0.3, 0.4) is 0 Å². The number of nitriles is 1. The van der Waals surface area contributed by atoms with Gasteiger partial charge in [-0.1, -0.05) is 29.3 Å². The SMILES string of the molecule is CCN=C(CNc1cccc(Cl)c1Cl)NC#N. The molecule has 0 saturated carbocycles. The number of amidine groups is 1. The minimum absolute atomic E-state index is 0.390. The quantitative estimate of drug-likeness (QED) is 0.383. The van der Waals surface area contributed by atoms with E-state index < -0.39 is 0 Å². The molecule has 0 heterocycles. The molecule has 0 fully saturated rings. The molecule has 17 heavy (non-hydrogen) atoms. The Labute approximate surface area is 110 Å². The van der Waals surface area contributed by atoms with E-state index in [1.54, 1.807) is 12.1 Å². The van der Waals surface area contributed by atoms with Gasteiger partial charge >= 0.3 is 0 Å². The summed E-state index contributed by atoms with van der Waals surface area (Å²) in [6.07, 6.45) is 1.84. The molecule has 0 radical (unpaired) electrons. The second-order valence-electron chi connectivity index (χ2n) is 3.11. The monoisotopic (exact) mass is 270 g/mol. The molecule has 0 aliphatic rings. The third-order valence-electron chi connectivity index (χ3n) is 1.95. The van der Waals surface area contributed by atoms with Gasteiger partial charge in [-0.15, -0.1) is 0 Å². The standard InChI is InChI=1S/C11H12Cl2N4/c1-2-15-10(17-7-14)6-16-9-5-3-4-8(12)11(9)13/h3-5,16H,2,6H2,1H3,(H,15,17). The van der Waals surface area contributed by atoms with Crippen molar-refractivity contribution in [3.05, 3.63) is 28.2 Å². The van der Waals surface area contributed by atoms with Gasteiger partial charge < -0.3 is 5.32 Å². The summed E-state index contributed by atoms with van der Waals surface area (Å²) in [5, 5.41) is 15.1. The minimum atomic E-state index is 0.390. The van der Waals surface area contributed by atoms with E-state index >= 15 is 0 Å². The molecule has 0 spiro atoms. The Morgan fingerprint density at radius 2 is 2.24 bits per heavy atom. The van der Waals surface area contributed by atoms with Crippen LogP contribution in [-0.4, -0.2) is 18.9 Å². The average molecular weight is 271 g/mol. The zero-order valence-electron chi connectivity index (χ0n) is 9.30. The molecule has 2 N–H and O–H groups in total. The fraction of sp³-hybridized carbons (Fsp3) is 0.273. The van der Waals surface area contributed by atoms with Gasteiger partial charge in [0.15, 0.2) is 6.19 Å². The van der Waals surface area contributed by atoms with Gasteiger partial charge in [0.1, 0.15) is 5.84 Å². The fourth-order valence-corrected chi connectivity index (χ4v) is 1.58. The summed E-state index contributed by atoms with van der Waals surface area (Å²) in [5.74, 6) is 0.561. The Hall–Kier alpha value is -1.44. The highest BCUT2D eigenvalue weighted by molar-refractivity contribution is 6.43. The predicted octanol–water partition coefficient (Wildman–Crippen LogP) is 2.89. The van der Waals surface area contributed by atoms with Crippen LogP contribution >= 0.6 is 23.2 Å². The van der Waals surface area contributed by atoms with Gasteiger partial charge in [0.25, 0.3) is 0 Å². The molecule has 0 aromatic heterocycles. The summed E-state index contributed by atoms with van der Waals surface area (Å²) in [6, 6.07) is 5.32. The van der Waals surface area contributed by atoms with Crippen LogP contribution in [0.25, 0.3) is 0 Å². The van der Waals surface area contributed by atoms with Crippen LogP contribution in [0.4, 0.5) is 5.69 Å². The number of hydrogen-bond acceptors (Lipinski definition) is 3. The highest BCUT2D eigenvalue weighted by Crippen LogP contribution is 2.29. The lowest BCUT2D eigenvalue weighted by atomic mass is 10.3. The van der Waals surface area contributed by atoms with Gasteiger partial charge in [-0.25, -0.2) is 0 Å². The molecule has 6 heteroatoms. The van der Waals surface area contributed by atoms with E-state index in [1.807, 2.05) is 19.2 Å². The summed E-state index contributed by atoms with van der Waals surface area (Å²) < 4.78 is 0. The summed E-state index contributed by atoms with van der Waals surface area (Å²) in [5.41, 5.74) is 0.711. The van der Waals surface area contributed by atoms with Crippen molar-refractivity contribution in [2.45, 2.75) is 6.92 Å².